The van der Waals surface area contributed by atoms with Gasteiger partial charge in [-0.05, 0) is 43.0 Å². The predicted octanol–water partition coefficient (Wildman–Crippen LogP) is 2.66. The van der Waals surface area contributed by atoms with Crippen molar-refractivity contribution in [1.82, 2.24) is 10.2 Å². The fourth-order valence-electron chi connectivity index (χ4n) is 4.75. The third kappa shape index (κ3) is 2.63. The fourth-order valence-corrected chi connectivity index (χ4v) is 4.75. The molecule has 3 aliphatic rings. The molecule has 3 amide bonds. The molecule has 0 bridgehead atoms. The molecule has 2 aliphatic heterocycles. The van der Waals surface area contributed by atoms with Crippen LogP contribution >= 0.6 is 0 Å². The first-order valence-corrected chi connectivity index (χ1v) is 9.57. The summed E-state index contributed by atoms with van der Waals surface area (Å²) in [5, 5.41) is 3.18. The number of likely N-dealkylation sites (N-methyl/N-ethyl adjacent to an activating group) is 1. The lowest BCUT2D eigenvalue weighted by atomic mass is 9.81. The molecule has 0 unspecified atom stereocenters. The molecule has 6 heteroatoms. The highest BCUT2D eigenvalue weighted by Crippen LogP contribution is 2.47. The largest absolute Gasteiger partial charge is 0.497 e. The molecular formula is C20H27N3O3. The number of anilines is 1. The fraction of sp³-hybridized carbons (Fsp3) is 0.600. The van der Waals surface area contributed by atoms with Crippen molar-refractivity contribution >= 4 is 17.6 Å². The third-order valence-corrected chi connectivity index (χ3v) is 6.28. The number of nitrogens with one attached hydrogen (secondary N) is 1. The Morgan fingerprint density at radius 1 is 1.27 bits per heavy atom. The van der Waals surface area contributed by atoms with Crippen LogP contribution < -0.4 is 15.0 Å². The number of urea groups is 1. The van der Waals surface area contributed by atoms with E-state index in [9.17, 15) is 9.59 Å². The van der Waals surface area contributed by atoms with Gasteiger partial charge in [0.05, 0.1) is 12.5 Å². The lowest BCUT2D eigenvalue weighted by molar-refractivity contribution is -0.122. The zero-order valence-corrected chi connectivity index (χ0v) is 15.6. The van der Waals surface area contributed by atoms with Gasteiger partial charge in [0.15, 0.2) is 0 Å². The molecule has 2 heterocycles. The monoisotopic (exact) mass is 357 g/mol. The second kappa shape index (κ2) is 6.49. The second-order valence-electron chi connectivity index (χ2n) is 7.79. The number of hydrogen-bond donors (Lipinski definition) is 1. The van der Waals surface area contributed by atoms with E-state index in [1.807, 2.05) is 30.1 Å². The van der Waals surface area contributed by atoms with Gasteiger partial charge in [0.2, 0.25) is 5.91 Å². The normalized spacial score (nSPS) is 25.7. The van der Waals surface area contributed by atoms with Gasteiger partial charge in [-0.2, -0.15) is 0 Å². The van der Waals surface area contributed by atoms with Crippen LogP contribution in [0, 0.1) is 0 Å². The number of likely N-dealkylation sites (tertiary alicyclic amines) is 1. The highest BCUT2D eigenvalue weighted by molar-refractivity contribution is 6.08. The molecule has 6 nitrogen and oxygen atoms in total. The van der Waals surface area contributed by atoms with E-state index >= 15 is 0 Å². The van der Waals surface area contributed by atoms with Gasteiger partial charge in [0, 0.05) is 31.9 Å². The highest BCUT2D eigenvalue weighted by atomic mass is 16.5. The summed E-state index contributed by atoms with van der Waals surface area (Å²) in [6.45, 7) is 1.05. The van der Waals surface area contributed by atoms with Crippen LogP contribution in [0.25, 0.3) is 0 Å². The van der Waals surface area contributed by atoms with E-state index in [2.05, 4.69) is 5.32 Å². The van der Waals surface area contributed by atoms with Crippen LogP contribution in [0.3, 0.4) is 0 Å². The number of nitrogens with zero attached hydrogens (tertiary/aromatic N) is 2. The molecule has 1 atom stereocenters. The van der Waals surface area contributed by atoms with Crippen molar-refractivity contribution in [2.24, 2.45) is 0 Å². The maximum absolute atomic E-state index is 13.1. The Bertz CT molecular complexity index is 729. The van der Waals surface area contributed by atoms with Crippen molar-refractivity contribution < 1.29 is 14.3 Å². The molecule has 1 aliphatic carbocycles. The van der Waals surface area contributed by atoms with Crippen LogP contribution in [-0.2, 0) is 10.2 Å². The minimum atomic E-state index is -0.636. The standard InChI is InChI=1S/C20H27N3O3/c1-22-17-9-8-15(26-2)12-16(17)20(18(22)24)10-11-23(13-20)19(25)21-14-6-4-3-5-7-14/h8-9,12,14H,3-7,10-11,13H2,1-2H3,(H,21,25)/t20-/m0/s1. The van der Waals surface area contributed by atoms with Gasteiger partial charge >= 0.3 is 6.03 Å². The summed E-state index contributed by atoms with van der Waals surface area (Å²) in [6, 6.07) is 6.03. The Hall–Kier alpha value is -2.24. The van der Waals surface area contributed by atoms with E-state index in [-0.39, 0.29) is 18.0 Å². The lowest BCUT2D eigenvalue weighted by Gasteiger charge is -2.27. The van der Waals surface area contributed by atoms with Crippen molar-refractivity contribution in [2.45, 2.75) is 50.0 Å². The number of methoxy groups -OCH3 is 1. The molecular weight excluding hydrogens is 330 g/mol. The van der Waals surface area contributed by atoms with E-state index in [1.165, 1.54) is 19.3 Å². The summed E-state index contributed by atoms with van der Waals surface area (Å²) in [5.41, 5.74) is 1.27. The zero-order chi connectivity index (χ0) is 18.3. The molecule has 1 N–H and O–H groups in total. The predicted molar refractivity (Wildman–Crippen MR) is 99.7 cm³/mol. The van der Waals surface area contributed by atoms with E-state index in [0.29, 0.717) is 19.5 Å². The number of hydrogen-bond acceptors (Lipinski definition) is 3. The first-order valence-electron chi connectivity index (χ1n) is 9.57. The van der Waals surface area contributed by atoms with Gasteiger partial charge in [0.1, 0.15) is 5.75 Å². The maximum Gasteiger partial charge on any atom is 0.317 e. The Labute approximate surface area is 154 Å². The van der Waals surface area contributed by atoms with Crippen LogP contribution in [0.4, 0.5) is 10.5 Å². The Morgan fingerprint density at radius 3 is 2.77 bits per heavy atom. The summed E-state index contributed by atoms with van der Waals surface area (Å²) in [7, 11) is 3.45. The van der Waals surface area contributed by atoms with Crippen molar-refractivity contribution in [3.63, 3.8) is 0 Å². The Morgan fingerprint density at radius 2 is 2.04 bits per heavy atom. The molecule has 140 valence electrons. The van der Waals surface area contributed by atoms with E-state index in [0.717, 1.165) is 29.8 Å². The van der Waals surface area contributed by atoms with Crippen molar-refractivity contribution in [3.05, 3.63) is 23.8 Å². The summed E-state index contributed by atoms with van der Waals surface area (Å²) >= 11 is 0. The van der Waals surface area contributed by atoms with E-state index in [1.54, 1.807) is 12.0 Å². The number of benzene rings is 1. The molecule has 0 aromatic heterocycles. The average molecular weight is 357 g/mol. The SMILES string of the molecule is COc1ccc2c(c1)[C@@]1(CCN(C(=O)NC3CCCCC3)C1)C(=O)N2C. The summed E-state index contributed by atoms with van der Waals surface area (Å²) in [4.78, 5) is 29.3. The topological polar surface area (TPSA) is 61.9 Å². The summed E-state index contributed by atoms with van der Waals surface area (Å²) in [6.07, 6.45) is 6.42. The molecule has 1 saturated carbocycles. The maximum atomic E-state index is 13.1. The van der Waals surface area contributed by atoms with Crippen LogP contribution in [0.1, 0.15) is 44.1 Å². The van der Waals surface area contributed by atoms with Crippen molar-refractivity contribution in [2.75, 3.05) is 32.1 Å². The number of amides is 3. The van der Waals surface area contributed by atoms with Gasteiger partial charge in [-0.15, -0.1) is 0 Å². The number of fused-ring (bicyclic) bond motifs is 2. The molecule has 1 aromatic rings. The van der Waals surface area contributed by atoms with Gasteiger partial charge < -0.3 is 19.9 Å². The number of ether oxygens (including phenoxy) is 1. The molecule has 1 aromatic carbocycles. The number of rotatable bonds is 2. The smallest absolute Gasteiger partial charge is 0.317 e. The molecule has 26 heavy (non-hydrogen) atoms. The Kier molecular flexibility index (Phi) is 4.29. The highest BCUT2D eigenvalue weighted by Gasteiger charge is 2.54. The summed E-state index contributed by atoms with van der Waals surface area (Å²) in [5.74, 6) is 0.824. The molecule has 1 spiro atoms. The second-order valence-corrected chi connectivity index (χ2v) is 7.79. The van der Waals surface area contributed by atoms with Crippen LogP contribution in [0.5, 0.6) is 5.75 Å². The molecule has 1 saturated heterocycles. The van der Waals surface area contributed by atoms with Crippen molar-refractivity contribution in [1.29, 1.82) is 0 Å². The number of carbonyl (C=O) groups excluding carboxylic acids is 2. The Balaban J connectivity index is 1.55. The number of carbonyl (C=O) groups is 2. The van der Waals surface area contributed by atoms with Gasteiger partial charge in [0.25, 0.3) is 0 Å². The average Bonchev–Trinajstić information content (AvgIpc) is 3.20. The zero-order valence-electron chi connectivity index (χ0n) is 15.6. The third-order valence-electron chi connectivity index (χ3n) is 6.28. The van der Waals surface area contributed by atoms with E-state index in [4.69, 9.17) is 4.74 Å². The van der Waals surface area contributed by atoms with Crippen LogP contribution in [-0.4, -0.2) is 50.1 Å². The van der Waals surface area contributed by atoms with Crippen molar-refractivity contribution in [3.8, 4) is 5.75 Å². The van der Waals surface area contributed by atoms with Crippen LogP contribution in [0.2, 0.25) is 0 Å². The minimum Gasteiger partial charge on any atom is -0.497 e. The first kappa shape index (κ1) is 17.2. The minimum absolute atomic E-state index is 0.0272. The molecule has 0 radical (unpaired) electrons. The lowest BCUT2D eigenvalue weighted by Crippen LogP contribution is -2.47. The summed E-state index contributed by atoms with van der Waals surface area (Å²) < 4.78 is 5.36. The van der Waals surface area contributed by atoms with Gasteiger partial charge in [-0.1, -0.05) is 19.3 Å². The van der Waals surface area contributed by atoms with Crippen LogP contribution in [0.15, 0.2) is 18.2 Å². The molecule has 2 fully saturated rings. The first-order chi connectivity index (χ1) is 12.5. The van der Waals surface area contributed by atoms with Gasteiger partial charge in [-0.3, -0.25) is 4.79 Å². The molecule has 4 rings (SSSR count). The van der Waals surface area contributed by atoms with Gasteiger partial charge in [-0.25, -0.2) is 4.79 Å². The van der Waals surface area contributed by atoms with E-state index < -0.39 is 5.41 Å². The quantitative estimate of drug-likeness (QED) is 0.885.